The van der Waals surface area contributed by atoms with Crippen LogP contribution in [0.5, 0.6) is 5.75 Å². The third-order valence-electron chi connectivity index (χ3n) is 3.33. The summed E-state index contributed by atoms with van der Waals surface area (Å²) in [5, 5.41) is 6.08. The minimum absolute atomic E-state index is 0.262. The smallest absolute Gasteiger partial charge is 0.323 e. The number of anilines is 3. The second kappa shape index (κ2) is 7.59. The molecule has 8 nitrogen and oxygen atoms in total. The summed E-state index contributed by atoms with van der Waals surface area (Å²) in [6.45, 7) is 0. The molecule has 0 radical (unpaired) electrons. The van der Waals surface area contributed by atoms with Crippen molar-refractivity contribution in [3.05, 3.63) is 41.4 Å². The summed E-state index contributed by atoms with van der Waals surface area (Å²) in [6.07, 6.45) is 1.06. The van der Waals surface area contributed by atoms with Crippen molar-refractivity contribution in [1.82, 2.24) is 4.98 Å². The first-order chi connectivity index (χ1) is 12.7. The van der Waals surface area contributed by atoms with Crippen LogP contribution in [0.25, 0.3) is 10.2 Å². The van der Waals surface area contributed by atoms with Crippen molar-refractivity contribution in [3.8, 4) is 5.75 Å². The first-order valence-electron chi connectivity index (χ1n) is 7.53. The van der Waals surface area contributed by atoms with Crippen molar-refractivity contribution in [2.24, 2.45) is 0 Å². The number of fused-ring (bicyclic) bond motifs is 1. The molecule has 142 valence electrons. The van der Waals surface area contributed by atoms with Gasteiger partial charge in [-0.05, 0) is 36.4 Å². The number of aromatic nitrogens is 1. The fourth-order valence-electron chi connectivity index (χ4n) is 2.27. The van der Waals surface area contributed by atoms with Crippen LogP contribution in [-0.4, -0.2) is 32.8 Å². The molecule has 3 rings (SSSR count). The van der Waals surface area contributed by atoms with Gasteiger partial charge in [0, 0.05) is 10.7 Å². The van der Waals surface area contributed by atoms with Gasteiger partial charge in [-0.2, -0.15) is 0 Å². The molecule has 0 unspecified atom stereocenters. The molecule has 2 aromatic carbocycles. The van der Waals surface area contributed by atoms with Crippen molar-refractivity contribution in [2.75, 3.05) is 28.7 Å². The van der Waals surface area contributed by atoms with Crippen LogP contribution in [0.1, 0.15) is 0 Å². The number of halogens is 1. The molecule has 2 amide bonds. The largest absolute Gasteiger partial charge is 0.495 e. The van der Waals surface area contributed by atoms with Crippen molar-refractivity contribution in [3.63, 3.8) is 0 Å². The van der Waals surface area contributed by atoms with Gasteiger partial charge in [0.25, 0.3) is 0 Å². The van der Waals surface area contributed by atoms with Gasteiger partial charge in [0.15, 0.2) is 5.13 Å². The normalized spacial score (nSPS) is 11.2. The third kappa shape index (κ3) is 5.00. The summed E-state index contributed by atoms with van der Waals surface area (Å²) in [5.41, 5.74) is 1.48. The van der Waals surface area contributed by atoms with E-state index >= 15 is 0 Å². The molecule has 0 spiro atoms. The van der Waals surface area contributed by atoms with E-state index in [-0.39, 0.29) is 5.13 Å². The first-order valence-corrected chi connectivity index (χ1v) is 10.6. The van der Waals surface area contributed by atoms with Gasteiger partial charge in [-0.15, -0.1) is 0 Å². The zero-order chi connectivity index (χ0) is 19.6. The Bertz CT molecular complexity index is 1110. The molecule has 0 aliphatic rings. The Hall–Kier alpha value is -2.56. The summed E-state index contributed by atoms with van der Waals surface area (Å²) in [5.74, 6) is 0.473. The maximum atomic E-state index is 12.3. The number of carbonyl (C=O) groups is 1. The highest BCUT2D eigenvalue weighted by molar-refractivity contribution is 7.92. The molecular formula is C16H15ClN4O4S2. The lowest BCUT2D eigenvalue weighted by atomic mass is 10.3. The Kier molecular flexibility index (Phi) is 5.40. The highest BCUT2D eigenvalue weighted by Gasteiger charge is 2.11. The number of hydrogen-bond acceptors (Lipinski definition) is 6. The lowest BCUT2D eigenvalue weighted by Crippen LogP contribution is -2.19. The number of nitrogens with one attached hydrogen (secondary N) is 3. The summed E-state index contributed by atoms with van der Waals surface area (Å²) in [7, 11) is -1.91. The molecule has 0 saturated heterocycles. The molecule has 0 bridgehead atoms. The topological polar surface area (TPSA) is 109 Å². The van der Waals surface area contributed by atoms with Gasteiger partial charge < -0.3 is 15.4 Å². The molecule has 11 heteroatoms. The fraction of sp³-hybridized carbons (Fsp3) is 0.125. The number of methoxy groups -OCH3 is 1. The van der Waals surface area contributed by atoms with Crippen LogP contribution < -0.4 is 20.1 Å². The van der Waals surface area contributed by atoms with Gasteiger partial charge in [-0.25, -0.2) is 18.2 Å². The molecule has 0 aliphatic heterocycles. The zero-order valence-corrected chi connectivity index (χ0v) is 16.6. The number of nitrogens with zero attached hydrogens (tertiary/aromatic N) is 1. The van der Waals surface area contributed by atoms with Gasteiger partial charge in [0.2, 0.25) is 10.0 Å². The Balaban J connectivity index is 1.76. The van der Waals surface area contributed by atoms with Gasteiger partial charge >= 0.3 is 6.03 Å². The number of urea groups is 1. The number of benzene rings is 2. The molecule has 0 atom stereocenters. The Labute approximate surface area is 164 Å². The predicted molar refractivity (Wildman–Crippen MR) is 109 cm³/mol. The van der Waals surface area contributed by atoms with Crippen molar-refractivity contribution in [2.45, 2.75) is 0 Å². The molecule has 0 saturated carbocycles. The minimum Gasteiger partial charge on any atom is -0.495 e. The maximum absolute atomic E-state index is 12.3. The van der Waals surface area contributed by atoms with E-state index in [9.17, 15) is 13.2 Å². The van der Waals surface area contributed by atoms with Crippen LogP contribution in [0.15, 0.2) is 36.4 Å². The van der Waals surface area contributed by atoms with E-state index in [4.69, 9.17) is 16.3 Å². The molecule has 0 fully saturated rings. The van der Waals surface area contributed by atoms with Gasteiger partial charge in [0.05, 0.1) is 29.3 Å². The molecule has 3 aromatic rings. The third-order valence-corrected chi connectivity index (χ3v) is 5.21. The Morgan fingerprint density at radius 2 is 1.96 bits per heavy atom. The summed E-state index contributed by atoms with van der Waals surface area (Å²) in [4.78, 5) is 16.5. The van der Waals surface area contributed by atoms with E-state index in [0.717, 1.165) is 11.0 Å². The fourth-order valence-corrected chi connectivity index (χ4v) is 4.12. The average molecular weight is 427 g/mol. The SMILES string of the molecule is COc1ccc(Cl)cc1NC(=O)Nc1ccc2sc(NS(C)(=O)=O)nc2c1. The van der Waals surface area contributed by atoms with Crippen LogP contribution in [0.3, 0.4) is 0 Å². The van der Waals surface area contributed by atoms with E-state index in [1.54, 1.807) is 36.4 Å². The monoisotopic (exact) mass is 426 g/mol. The van der Waals surface area contributed by atoms with E-state index in [1.165, 1.54) is 18.4 Å². The molecule has 0 aliphatic carbocycles. The van der Waals surface area contributed by atoms with Crippen molar-refractivity contribution < 1.29 is 17.9 Å². The Morgan fingerprint density at radius 1 is 1.19 bits per heavy atom. The standard InChI is InChI=1S/C16H15ClN4O4S2/c1-25-13-5-3-9(17)7-11(13)19-15(22)18-10-4-6-14-12(8-10)20-16(26-14)21-27(2,23)24/h3-8H,1-2H3,(H,20,21)(H2,18,19,22). The number of rotatable bonds is 5. The van der Waals surface area contributed by atoms with Crippen LogP contribution in [0.4, 0.5) is 21.3 Å². The van der Waals surface area contributed by atoms with E-state index in [1.807, 2.05) is 0 Å². The molecule has 3 N–H and O–H groups in total. The molecular weight excluding hydrogens is 412 g/mol. The highest BCUT2D eigenvalue weighted by Crippen LogP contribution is 2.30. The van der Waals surface area contributed by atoms with Crippen molar-refractivity contribution in [1.29, 1.82) is 0 Å². The Morgan fingerprint density at radius 3 is 2.67 bits per heavy atom. The van der Waals surface area contributed by atoms with Crippen LogP contribution >= 0.6 is 22.9 Å². The molecule has 27 heavy (non-hydrogen) atoms. The van der Waals surface area contributed by atoms with Crippen LogP contribution in [0.2, 0.25) is 5.02 Å². The van der Waals surface area contributed by atoms with Crippen LogP contribution in [-0.2, 0) is 10.0 Å². The molecule has 1 aromatic heterocycles. The summed E-state index contributed by atoms with van der Waals surface area (Å²) < 4.78 is 30.9. The van der Waals surface area contributed by atoms with Gasteiger partial charge in [-0.3, -0.25) is 4.72 Å². The minimum atomic E-state index is -3.40. The first kappa shape index (κ1) is 19.2. The lowest BCUT2D eigenvalue weighted by Gasteiger charge is -2.11. The average Bonchev–Trinajstić information content (AvgIpc) is 2.94. The lowest BCUT2D eigenvalue weighted by molar-refractivity contribution is 0.262. The van der Waals surface area contributed by atoms with Gasteiger partial charge in [0.1, 0.15) is 5.75 Å². The summed E-state index contributed by atoms with van der Waals surface area (Å²) >= 11 is 7.15. The van der Waals surface area contributed by atoms with Crippen molar-refractivity contribution >= 4 is 65.7 Å². The number of amides is 2. The van der Waals surface area contributed by atoms with E-state index in [0.29, 0.717) is 27.7 Å². The number of sulfonamides is 1. The second-order valence-corrected chi connectivity index (χ2v) is 8.72. The summed E-state index contributed by atoms with van der Waals surface area (Å²) in [6, 6.07) is 9.48. The maximum Gasteiger partial charge on any atom is 0.323 e. The number of carbonyl (C=O) groups excluding carboxylic acids is 1. The zero-order valence-electron chi connectivity index (χ0n) is 14.2. The molecule has 1 heterocycles. The number of hydrogen-bond donors (Lipinski definition) is 3. The highest BCUT2D eigenvalue weighted by atomic mass is 35.5. The van der Waals surface area contributed by atoms with Gasteiger partial charge in [-0.1, -0.05) is 22.9 Å². The number of thiazole rings is 1. The van der Waals surface area contributed by atoms with Crippen LogP contribution in [0, 0.1) is 0 Å². The quantitative estimate of drug-likeness (QED) is 0.571. The number of ether oxygens (including phenoxy) is 1. The van der Waals surface area contributed by atoms with E-state index in [2.05, 4.69) is 20.3 Å². The van der Waals surface area contributed by atoms with E-state index < -0.39 is 16.1 Å². The second-order valence-electron chi connectivity index (χ2n) is 5.50. The predicted octanol–water partition coefficient (Wildman–Crippen LogP) is 3.97.